The monoisotopic (exact) mass is 386 g/mol. The minimum absolute atomic E-state index is 0.0994. The predicted octanol–water partition coefficient (Wildman–Crippen LogP) is 0.682. The number of rotatable bonds is 9. The number of carbonyl (C=O) groups is 1. The highest BCUT2D eigenvalue weighted by molar-refractivity contribution is 7.89. The van der Waals surface area contributed by atoms with E-state index >= 15 is 0 Å². The SMILES string of the molecule is COCC[C@H](Nc1ccc([N+](=O)[O-])cc1S(=O)(=O)N1CCCC1)C(N)=O. The molecule has 0 unspecified atom stereocenters. The van der Waals surface area contributed by atoms with E-state index < -0.39 is 26.9 Å². The van der Waals surface area contributed by atoms with Crippen molar-refractivity contribution >= 4 is 27.3 Å². The fourth-order valence-corrected chi connectivity index (χ4v) is 4.43. The van der Waals surface area contributed by atoms with Gasteiger partial charge >= 0.3 is 0 Å². The highest BCUT2D eigenvalue weighted by Gasteiger charge is 2.32. The van der Waals surface area contributed by atoms with Gasteiger partial charge in [0.2, 0.25) is 15.9 Å². The molecule has 0 saturated carbocycles. The number of ether oxygens (including phenoxy) is 1. The molecule has 1 aliphatic rings. The molecular weight excluding hydrogens is 364 g/mol. The molecule has 10 nitrogen and oxygen atoms in total. The lowest BCUT2D eigenvalue weighted by Crippen LogP contribution is -2.37. The first-order valence-corrected chi connectivity index (χ1v) is 9.54. The van der Waals surface area contributed by atoms with E-state index in [2.05, 4.69) is 5.32 Å². The number of benzene rings is 1. The fourth-order valence-electron chi connectivity index (χ4n) is 2.73. The minimum Gasteiger partial charge on any atom is -0.385 e. The lowest BCUT2D eigenvalue weighted by atomic mass is 10.2. The number of nitrogens with two attached hydrogens (primary N) is 1. The second-order valence-corrected chi connectivity index (χ2v) is 7.84. The van der Waals surface area contributed by atoms with Crippen LogP contribution in [-0.4, -0.2) is 56.4 Å². The normalized spacial score (nSPS) is 16.3. The zero-order valence-electron chi connectivity index (χ0n) is 14.4. The Morgan fingerprint density at radius 2 is 2.08 bits per heavy atom. The average Bonchev–Trinajstić information content (AvgIpc) is 3.13. The number of hydrogen-bond acceptors (Lipinski definition) is 7. The van der Waals surface area contributed by atoms with Gasteiger partial charge in [-0.1, -0.05) is 0 Å². The molecule has 0 aliphatic carbocycles. The summed E-state index contributed by atoms with van der Waals surface area (Å²) in [7, 11) is -2.47. The molecule has 1 aromatic carbocycles. The number of nitrogens with zero attached hydrogens (tertiary/aromatic N) is 2. The summed E-state index contributed by atoms with van der Waals surface area (Å²) in [5.74, 6) is -0.676. The number of sulfonamides is 1. The van der Waals surface area contributed by atoms with Gasteiger partial charge in [-0.25, -0.2) is 8.42 Å². The number of non-ortho nitro benzene ring substituents is 1. The minimum atomic E-state index is -3.93. The topological polar surface area (TPSA) is 145 Å². The average molecular weight is 386 g/mol. The van der Waals surface area contributed by atoms with Crippen LogP contribution in [0.5, 0.6) is 0 Å². The van der Waals surface area contributed by atoms with E-state index in [1.54, 1.807) is 0 Å². The summed E-state index contributed by atoms with van der Waals surface area (Å²) in [6.07, 6.45) is 1.69. The molecule has 2 rings (SSSR count). The van der Waals surface area contributed by atoms with Gasteiger partial charge in [-0.2, -0.15) is 4.31 Å². The second-order valence-electron chi connectivity index (χ2n) is 5.93. The standard InChI is InChI=1S/C15H22N4O6S/c1-25-9-6-13(15(16)20)17-12-5-4-11(19(21)22)10-14(12)26(23,24)18-7-2-3-8-18/h4-5,10,13,17H,2-3,6-9H2,1H3,(H2,16,20)/t13-/m0/s1. The summed E-state index contributed by atoms with van der Waals surface area (Å²) >= 11 is 0. The van der Waals surface area contributed by atoms with Crippen LogP contribution in [0, 0.1) is 10.1 Å². The Morgan fingerprint density at radius 1 is 1.42 bits per heavy atom. The number of methoxy groups -OCH3 is 1. The number of nitro benzene ring substituents is 1. The zero-order chi connectivity index (χ0) is 19.3. The van der Waals surface area contributed by atoms with Crippen molar-refractivity contribution in [3.05, 3.63) is 28.3 Å². The van der Waals surface area contributed by atoms with Gasteiger partial charge in [-0.15, -0.1) is 0 Å². The fraction of sp³-hybridized carbons (Fsp3) is 0.533. The maximum atomic E-state index is 12.9. The summed E-state index contributed by atoms with van der Waals surface area (Å²) in [5.41, 5.74) is 5.11. The maximum Gasteiger partial charge on any atom is 0.270 e. The smallest absolute Gasteiger partial charge is 0.270 e. The van der Waals surface area contributed by atoms with Crippen LogP contribution >= 0.6 is 0 Å². The van der Waals surface area contributed by atoms with Crippen LogP contribution in [0.1, 0.15) is 19.3 Å². The van der Waals surface area contributed by atoms with Crippen molar-refractivity contribution < 1.29 is 22.9 Å². The second kappa shape index (κ2) is 8.43. The lowest BCUT2D eigenvalue weighted by molar-refractivity contribution is -0.385. The Labute approximate surface area is 151 Å². The van der Waals surface area contributed by atoms with Crippen LogP contribution in [0.15, 0.2) is 23.1 Å². The van der Waals surface area contributed by atoms with Gasteiger partial charge < -0.3 is 15.8 Å². The quantitative estimate of drug-likeness (QED) is 0.469. The molecule has 1 fully saturated rings. The van der Waals surface area contributed by atoms with Gasteiger partial charge in [0, 0.05) is 38.9 Å². The third kappa shape index (κ3) is 4.48. The van der Waals surface area contributed by atoms with Crippen LogP contribution in [0.4, 0.5) is 11.4 Å². The van der Waals surface area contributed by atoms with Crippen LogP contribution < -0.4 is 11.1 Å². The molecule has 0 bridgehead atoms. The van der Waals surface area contributed by atoms with Crippen molar-refractivity contribution in [1.29, 1.82) is 0 Å². The van der Waals surface area contributed by atoms with E-state index in [4.69, 9.17) is 10.5 Å². The van der Waals surface area contributed by atoms with Gasteiger partial charge in [0.25, 0.3) is 5.69 Å². The highest BCUT2D eigenvalue weighted by Crippen LogP contribution is 2.31. The first kappa shape index (κ1) is 20.1. The zero-order valence-corrected chi connectivity index (χ0v) is 15.2. The van der Waals surface area contributed by atoms with Crippen LogP contribution in [0.2, 0.25) is 0 Å². The number of carbonyl (C=O) groups excluding carboxylic acids is 1. The van der Waals surface area contributed by atoms with E-state index in [0.717, 1.165) is 18.9 Å². The molecule has 11 heteroatoms. The molecule has 144 valence electrons. The van der Waals surface area contributed by atoms with Gasteiger partial charge in [0.15, 0.2) is 0 Å². The number of nitrogens with one attached hydrogen (secondary N) is 1. The Kier molecular flexibility index (Phi) is 6.51. The third-order valence-corrected chi connectivity index (χ3v) is 6.08. The first-order chi connectivity index (χ1) is 12.3. The summed E-state index contributed by atoms with van der Waals surface area (Å²) in [4.78, 5) is 21.8. The van der Waals surface area contributed by atoms with Gasteiger partial charge in [-0.05, 0) is 25.3 Å². The molecule has 26 heavy (non-hydrogen) atoms. The molecule has 3 N–H and O–H groups in total. The van der Waals surface area contributed by atoms with Crippen LogP contribution in [-0.2, 0) is 19.6 Å². The number of hydrogen-bond donors (Lipinski definition) is 2. The van der Waals surface area contributed by atoms with Gasteiger partial charge in [0.05, 0.1) is 10.6 Å². The molecule has 1 saturated heterocycles. The Morgan fingerprint density at radius 3 is 2.62 bits per heavy atom. The summed E-state index contributed by atoms with van der Waals surface area (Å²) in [6, 6.07) is 2.59. The molecule has 1 atom stereocenters. The lowest BCUT2D eigenvalue weighted by Gasteiger charge is -2.21. The summed E-state index contributed by atoms with van der Waals surface area (Å²) in [6.45, 7) is 0.947. The third-order valence-electron chi connectivity index (χ3n) is 4.14. The van der Waals surface area contributed by atoms with Crippen molar-refractivity contribution in [2.45, 2.75) is 30.2 Å². The largest absolute Gasteiger partial charge is 0.385 e. The van der Waals surface area contributed by atoms with E-state index in [0.29, 0.717) is 13.1 Å². The van der Waals surface area contributed by atoms with Crippen LogP contribution in [0.3, 0.4) is 0 Å². The predicted molar refractivity (Wildman–Crippen MR) is 94.2 cm³/mol. The summed E-state index contributed by atoms with van der Waals surface area (Å²) in [5, 5.41) is 13.9. The van der Waals surface area contributed by atoms with Gasteiger partial charge in [-0.3, -0.25) is 14.9 Å². The molecule has 0 radical (unpaired) electrons. The van der Waals surface area contributed by atoms with E-state index in [1.807, 2.05) is 0 Å². The molecule has 1 aromatic rings. The molecule has 1 aliphatic heterocycles. The highest BCUT2D eigenvalue weighted by atomic mass is 32.2. The molecule has 0 spiro atoms. The number of nitro groups is 1. The first-order valence-electron chi connectivity index (χ1n) is 8.10. The number of primary amides is 1. The summed E-state index contributed by atoms with van der Waals surface area (Å²) < 4.78 is 32.0. The maximum absolute atomic E-state index is 12.9. The van der Waals surface area contributed by atoms with Crippen molar-refractivity contribution in [1.82, 2.24) is 4.31 Å². The Hall–Kier alpha value is -2.24. The van der Waals surface area contributed by atoms with Crippen molar-refractivity contribution in [3.63, 3.8) is 0 Å². The van der Waals surface area contributed by atoms with Crippen LogP contribution in [0.25, 0.3) is 0 Å². The molecule has 1 heterocycles. The van der Waals surface area contributed by atoms with E-state index in [9.17, 15) is 23.3 Å². The number of anilines is 1. The van der Waals surface area contributed by atoms with Crippen molar-refractivity contribution in [3.8, 4) is 0 Å². The molecule has 0 aromatic heterocycles. The van der Waals surface area contributed by atoms with Crippen molar-refractivity contribution in [2.24, 2.45) is 5.73 Å². The molecular formula is C15H22N4O6S. The Balaban J connectivity index is 2.44. The Bertz CT molecular complexity index is 776. The molecule has 1 amide bonds. The van der Waals surface area contributed by atoms with E-state index in [-0.39, 0.29) is 29.3 Å². The van der Waals surface area contributed by atoms with Gasteiger partial charge in [0.1, 0.15) is 10.9 Å². The number of amides is 1. The van der Waals surface area contributed by atoms with Crippen molar-refractivity contribution in [2.75, 3.05) is 32.1 Å². The van der Waals surface area contributed by atoms with E-state index in [1.165, 1.54) is 23.5 Å².